The van der Waals surface area contributed by atoms with E-state index in [1.807, 2.05) is 6.07 Å². The first-order valence-corrected chi connectivity index (χ1v) is 11.3. The molecule has 6 atom stereocenters. The molecule has 0 spiro atoms. The maximum absolute atomic E-state index is 13.5. The predicted octanol–water partition coefficient (Wildman–Crippen LogP) is 4.37. The molecule has 4 aliphatic rings. The van der Waals surface area contributed by atoms with Crippen molar-refractivity contribution >= 4 is 52.2 Å². The Kier molecular flexibility index (Phi) is 4.30. The van der Waals surface area contributed by atoms with Crippen LogP contribution in [0.1, 0.15) is 29.3 Å². The molecule has 0 radical (unpaired) electrons. The van der Waals surface area contributed by atoms with Gasteiger partial charge in [0.05, 0.1) is 28.3 Å². The highest BCUT2D eigenvalue weighted by atomic mass is 35.5. The topological polar surface area (TPSA) is 76.0 Å². The number of fused-ring (bicyclic) bond motifs is 8. The number of carbonyl (C=O) groups excluding carboxylic acids is 3. The third-order valence-electron chi connectivity index (χ3n) is 7.43. The fourth-order valence-corrected chi connectivity index (χ4v) is 6.65. The van der Waals surface area contributed by atoms with Gasteiger partial charge in [0.1, 0.15) is 6.10 Å². The zero-order valence-corrected chi connectivity index (χ0v) is 18.5. The number of rotatable bonds is 3. The maximum Gasteiger partial charge on any atom is 0.238 e. The molecule has 162 valence electrons. The molecule has 32 heavy (non-hydrogen) atoms. The Balaban J connectivity index is 1.33. The number of carbonyl (C=O) groups is 3. The van der Waals surface area contributed by atoms with E-state index in [1.54, 1.807) is 36.4 Å². The average Bonchev–Trinajstić information content (AvgIpc) is 3.49. The van der Waals surface area contributed by atoms with Crippen LogP contribution in [0.3, 0.4) is 0 Å². The van der Waals surface area contributed by atoms with Crippen LogP contribution >= 0.6 is 23.2 Å². The summed E-state index contributed by atoms with van der Waals surface area (Å²) in [7, 11) is 0. The lowest BCUT2D eigenvalue weighted by Gasteiger charge is -2.30. The van der Waals surface area contributed by atoms with E-state index in [9.17, 15) is 14.4 Å². The molecular formula is C24H18Cl2N2O4. The number of benzene rings is 2. The largest absolute Gasteiger partial charge is 0.391 e. The zero-order chi connectivity index (χ0) is 22.3. The second-order valence-corrected chi connectivity index (χ2v) is 9.77. The Hall–Kier alpha value is -2.70. The molecule has 2 bridgehead atoms. The third kappa shape index (κ3) is 2.60. The number of Topliss-reactive ketones (excluding diaryl/α,β-unsaturated/α-hetero) is 1. The van der Waals surface area contributed by atoms with Crippen molar-refractivity contribution in [2.45, 2.75) is 19.4 Å². The zero-order valence-electron chi connectivity index (χ0n) is 17.0. The second kappa shape index (κ2) is 6.90. The minimum atomic E-state index is -0.406. The molecule has 0 aromatic heterocycles. The van der Waals surface area contributed by atoms with Gasteiger partial charge in [-0.25, -0.2) is 0 Å². The van der Waals surface area contributed by atoms with Gasteiger partial charge in [0.25, 0.3) is 0 Å². The summed E-state index contributed by atoms with van der Waals surface area (Å²) in [6.07, 6.45) is 0.517. The molecular weight excluding hydrogens is 451 g/mol. The number of ketones is 1. The summed E-state index contributed by atoms with van der Waals surface area (Å²) >= 11 is 12.5. The summed E-state index contributed by atoms with van der Waals surface area (Å²) in [5.74, 6) is -1.45. The quantitative estimate of drug-likeness (QED) is 0.494. The van der Waals surface area contributed by atoms with Gasteiger partial charge < -0.3 is 4.84 Å². The molecule has 2 aliphatic heterocycles. The number of nitrogens with zero attached hydrogens (tertiary/aromatic N) is 2. The van der Waals surface area contributed by atoms with E-state index in [2.05, 4.69) is 5.16 Å². The lowest BCUT2D eigenvalue weighted by Crippen LogP contribution is -2.41. The molecule has 2 saturated carbocycles. The van der Waals surface area contributed by atoms with E-state index < -0.39 is 11.8 Å². The normalized spacial score (nSPS) is 32.1. The first kappa shape index (κ1) is 19.9. The molecule has 0 unspecified atom stereocenters. The number of anilines is 1. The van der Waals surface area contributed by atoms with Gasteiger partial charge in [-0.2, -0.15) is 0 Å². The molecule has 2 aromatic carbocycles. The van der Waals surface area contributed by atoms with E-state index in [0.29, 0.717) is 21.3 Å². The Bertz CT molecular complexity index is 1230. The van der Waals surface area contributed by atoms with Crippen LogP contribution in [0, 0.1) is 29.6 Å². The van der Waals surface area contributed by atoms with Crippen molar-refractivity contribution in [1.82, 2.24) is 0 Å². The first-order chi connectivity index (χ1) is 15.4. The lowest BCUT2D eigenvalue weighted by atomic mass is 9.71. The molecule has 8 heteroatoms. The van der Waals surface area contributed by atoms with Gasteiger partial charge in [-0.3, -0.25) is 19.3 Å². The van der Waals surface area contributed by atoms with Crippen LogP contribution in [0.15, 0.2) is 47.6 Å². The highest BCUT2D eigenvalue weighted by Gasteiger charge is 2.70. The fourth-order valence-electron chi connectivity index (χ4n) is 6.14. The SMILES string of the molecule is CC(=O)c1ccc(N2C(=O)[C@@H]3[C@H]4C[C@H]([C@H]5ON=C(c6ccc(Cl)cc6Cl)[C@H]45)[C@@H]3C2=O)cc1. The van der Waals surface area contributed by atoms with Crippen molar-refractivity contribution < 1.29 is 19.2 Å². The summed E-state index contributed by atoms with van der Waals surface area (Å²) in [5.41, 5.74) is 2.52. The molecule has 2 aromatic rings. The second-order valence-electron chi connectivity index (χ2n) is 8.93. The standard InChI is InChI=1S/C24H18Cl2N2O4/c1-10(29)11-2-5-13(6-3-11)28-23(30)18-15-9-16(19(18)24(28)31)22-20(15)21(27-32-22)14-7-4-12(25)8-17(14)26/h2-8,15-16,18-20,22H,9H2,1H3/t15-,16+,18-,19+,20+,22-/m1/s1. The Morgan fingerprint density at radius 3 is 2.34 bits per heavy atom. The smallest absolute Gasteiger partial charge is 0.238 e. The van der Waals surface area contributed by atoms with E-state index in [4.69, 9.17) is 28.0 Å². The number of hydrogen-bond donors (Lipinski definition) is 0. The molecule has 1 saturated heterocycles. The van der Waals surface area contributed by atoms with Crippen LogP contribution in [0.4, 0.5) is 5.69 Å². The van der Waals surface area contributed by atoms with Gasteiger partial charge in [0.2, 0.25) is 11.8 Å². The number of imide groups is 1. The average molecular weight is 469 g/mol. The Morgan fingerprint density at radius 1 is 1.00 bits per heavy atom. The van der Waals surface area contributed by atoms with Crippen LogP contribution < -0.4 is 4.90 Å². The van der Waals surface area contributed by atoms with Crippen LogP contribution in [0.25, 0.3) is 0 Å². The minimum absolute atomic E-state index is 0.0408. The summed E-state index contributed by atoms with van der Waals surface area (Å²) < 4.78 is 0. The number of halogens is 2. The molecule has 6 nitrogen and oxygen atoms in total. The first-order valence-electron chi connectivity index (χ1n) is 10.5. The van der Waals surface area contributed by atoms with Crippen molar-refractivity contribution in [3.05, 3.63) is 63.6 Å². The van der Waals surface area contributed by atoms with Gasteiger partial charge in [0, 0.05) is 28.0 Å². The minimum Gasteiger partial charge on any atom is -0.391 e. The molecule has 0 N–H and O–H groups in total. The highest BCUT2D eigenvalue weighted by molar-refractivity contribution is 6.37. The molecule has 6 rings (SSSR count). The number of hydrogen-bond acceptors (Lipinski definition) is 5. The van der Waals surface area contributed by atoms with Gasteiger partial charge in [-0.15, -0.1) is 0 Å². The van der Waals surface area contributed by atoms with Gasteiger partial charge in [-0.1, -0.05) is 34.4 Å². The van der Waals surface area contributed by atoms with Crippen molar-refractivity contribution in [1.29, 1.82) is 0 Å². The summed E-state index contributed by atoms with van der Waals surface area (Å²) in [6, 6.07) is 11.9. The lowest BCUT2D eigenvalue weighted by molar-refractivity contribution is -0.125. The fraction of sp³-hybridized carbons (Fsp3) is 0.333. The van der Waals surface area contributed by atoms with E-state index >= 15 is 0 Å². The van der Waals surface area contributed by atoms with Crippen molar-refractivity contribution in [2.24, 2.45) is 34.7 Å². The molecule has 2 heterocycles. The summed E-state index contributed by atoms with van der Waals surface area (Å²) in [4.78, 5) is 45.5. The van der Waals surface area contributed by atoms with Gasteiger partial charge in [-0.05, 0) is 55.7 Å². The van der Waals surface area contributed by atoms with Gasteiger partial charge in [0.15, 0.2) is 5.78 Å². The highest BCUT2D eigenvalue weighted by Crippen LogP contribution is 2.62. The summed E-state index contributed by atoms with van der Waals surface area (Å²) in [5, 5.41) is 5.34. The number of amides is 2. The molecule has 3 fully saturated rings. The Labute approximate surface area is 194 Å². The van der Waals surface area contributed by atoms with Gasteiger partial charge >= 0.3 is 0 Å². The molecule has 2 aliphatic carbocycles. The van der Waals surface area contributed by atoms with Crippen molar-refractivity contribution in [3.63, 3.8) is 0 Å². The monoisotopic (exact) mass is 468 g/mol. The van der Waals surface area contributed by atoms with Crippen LogP contribution in [-0.2, 0) is 14.4 Å². The van der Waals surface area contributed by atoms with Crippen molar-refractivity contribution in [2.75, 3.05) is 4.90 Å². The third-order valence-corrected chi connectivity index (χ3v) is 7.98. The van der Waals surface area contributed by atoms with E-state index in [-0.39, 0.29) is 41.5 Å². The molecule has 2 amide bonds. The van der Waals surface area contributed by atoms with E-state index in [0.717, 1.165) is 17.7 Å². The maximum atomic E-state index is 13.5. The van der Waals surface area contributed by atoms with Crippen LogP contribution in [0.2, 0.25) is 10.0 Å². The predicted molar refractivity (Wildman–Crippen MR) is 119 cm³/mol. The summed E-state index contributed by atoms with van der Waals surface area (Å²) in [6.45, 7) is 1.48. The van der Waals surface area contributed by atoms with Crippen LogP contribution in [0.5, 0.6) is 0 Å². The van der Waals surface area contributed by atoms with E-state index in [1.165, 1.54) is 11.8 Å². The number of oxime groups is 1. The van der Waals surface area contributed by atoms with Crippen molar-refractivity contribution in [3.8, 4) is 0 Å². The Morgan fingerprint density at radius 2 is 1.69 bits per heavy atom. The van der Waals surface area contributed by atoms with Crippen LogP contribution in [-0.4, -0.2) is 29.4 Å².